The van der Waals surface area contributed by atoms with Crippen molar-refractivity contribution in [1.82, 2.24) is 14.9 Å². The summed E-state index contributed by atoms with van der Waals surface area (Å²) >= 11 is 0. The lowest BCUT2D eigenvalue weighted by molar-refractivity contribution is -0.138. The summed E-state index contributed by atoms with van der Waals surface area (Å²) in [7, 11) is 23.5. The summed E-state index contributed by atoms with van der Waals surface area (Å²) in [5.74, 6) is -1.71. The standard InChI is InChI=1S/C14H10B4N4O3/c1-5-20-9-6(15)2-3-7(19)8(9)10(23)22(5)14(18)4-13(16,17)11(24)21-12(14)25/h2-3H,4,19H2,1H3,(H,21,24,25). The molecule has 1 aliphatic heterocycles. The van der Waals surface area contributed by atoms with Gasteiger partial charge in [0.15, 0.2) is 0 Å². The number of nitrogens with two attached hydrogens (primary N) is 1. The van der Waals surface area contributed by atoms with E-state index < -0.39 is 34.4 Å². The molecule has 1 aromatic heterocycles. The van der Waals surface area contributed by atoms with Gasteiger partial charge in [-0.15, -0.1) is 0 Å². The van der Waals surface area contributed by atoms with Crippen LogP contribution in [0.2, 0.25) is 5.21 Å². The molecule has 11 heteroatoms. The second kappa shape index (κ2) is 5.28. The number of rotatable bonds is 1. The molecule has 25 heavy (non-hydrogen) atoms. The van der Waals surface area contributed by atoms with Crippen LogP contribution >= 0.6 is 0 Å². The fraction of sp³-hybridized carbons (Fsp3) is 0.286. The minimum atomic E-state index is -2.02. The van der Waals surface area contributed by atoms with E-state index >= 15 is 0 Å². The maximum atomic E-state index is 13.0. The van der Waals surface area contributed by atoms with E-state index in [9.17, 15) is 14.4 Å². The first kappa shape index (κ1) is 17.4. The van der Waals surface area contributed by atoms with Gasteiger partial charge < -0.3 is 5.73 Å². The Kier molecular flexibility index (Phi) is 3.67. The number of aryl methyl sites for hydroxylation is 1. The lowest BCUT2D eigenvalue weighted by Crippen LogP contribution is -2.63. The molecule has 0 saturated carbocycles. The van der Waals surface area contributed by atoms with Crippen LogP contribution in [-0.2, 0) is 15.0 Å². The van der Waals surface area contributed by atoms with E-state index in [2.05, 4.69) is 4.98 Å². The maximum Gasteiger partial charge on any atom is 0.263 e. The fourth-order valence-electron chi connectivity index (χ4n) is 3.02. The Morgan fingerprint density at radius 3 is 2.48 bits per heavy atom. The lowest BCUT2D eigenvalue weighted by Gasteiger charge is -2.43. The van der Waals surface area contributed by atoms with Gasteiger partial charge in [0.1, 0.15) is 21.5 Å². The monoisotopic (exact) mass is 326 g/mol. The largest absolute Gasteiger partial charge is 0.398 e. The molecule has 1 aromatic carbocycles. The number of aromatic nitrogens is 2. The number of benzene rings is 1. The van der Waals surface area contributed by atoms with Crippen LogP contribution in [0, 0.1) is 6.92 Å². The van der Waals surface area contributed by atoms with E-state index in [1.165, 1.54) is 19.1 Å². The summed E-state index contributed by atoms with van der Waals surface area (Å²) in [6, 6.07) is 2.97. The zero-order valence-corrected chi connectivity index (χ0v) is 13.4. The van der Waals surface area contributed by atoms with Gasteiger partial charge in [0.2, 0.25) is 11.8 Å². The first-order valence-electron chi connectivity index (χ1n) is 7.29. The third-order valence-electron chi connectivity index (χ3n) is 4.26. The van der Waals surface area contributed by atoms with Crippen LogP contribution in [0.1, 0.15) is 12.2 Å². The number of carbonyl (C=O) groups is 2. The van der Waals surface area contributed by atoms with Gasteiger partial charge in [0.25, 0.3) is 5.56 Å². The number of carbonyl (C=O) groups excluding carboxylic acids is 2. The molecule has 2 heterocycles. The molecule has 1 aliphatic rings. The van der Waals surface area contributed by atoms with Crippen LogP contribution in [-0.4, -0.2) is 52.8 Å². The molecule has 7 nitrogen and oxygen atoms in total. The number of fused-ring (bicyclic) bond motifs is 1. The van der Waals surface area contributed by atoms with Gasteiger partial charge in [-0.2, -0.15) is 0 Å². The van der Waals surface area contributed by atoms with E-state index in [1.807, 2.05) is 5.32 Å². The van der Waals surface area contributed by atoms with Crippen LogP contribution in [0.3, 0.4) is 0 Å². The van der Waals surface area contributed by atoms with Crippen LogP contribution in [0.25, 0.3) is 10.9 Å². The zero-order chi connectivity index (χ0) is 18.7. The number of imide groups is 1. The molecular weight excluding hydrogens is 315 g/mol. The number of hydrogen-bond donors (Lipinski definition) is 2. The summed E-state index contributed by atoms with van der Waals surface area (Å²) < 4.78 is 0.932. The topological polar surface area (TPSA) is 107 Å². The van der Waals surface area contributed by atoms with Gasteiger partial charge in [0, 0.05) is 5.69 Å². The van der Waals surface area contributed by atoms with Crippen molar-refractivity contribution in [2.45, 2.75) is 24.0 Å². The molecule has 8 radical (unpaired) electrons. The predicted octanol–water partition coefficient (Wildman–Crippen LogP) is -2.60. The molecule has 0 bridgehead atoms. The molecule has 1 unspecified atom stereocenters. The van der Waals surface area contributed by atoms with Gasteiger partial charge in [-0.05, 0) is 24.6 Å². The van der Waals surface area contributed by atoms with Gasteiger partial charge in [0.05, 0.1) is 32.0 Å². The Bertz CT molecular complexity index is 1000. The molecule has 1 atom stereocenters. The number of nitrogens with one attached hydrogen (secondary N) is 1. The van der Waals surface area contributed by atoms with E-state index in [4.69, 9.17) is 37.1 Å². The third-order valence-corrected chi connectivity index (χ3v) is 4.26. The number of nitrogen functional groups attached to an aromatic ring is 1. The Labute approximate surface area is 148 Å². The van der Waals surface area contributed by atoms with Crippen LogP contribution < -0.4 is 22.1 Å². The van der Waals surface area contributed by atoms with Gasteiger partial charge >= 0.3 is 0 Å². The van der Waals surface area contributed by atoms with Crippen molar-refractivity contribution in [2.24, 2.45) is 0 Å². The molecule has 1 fully saturated rings. The maximum absolute atomic E-state index is 13.0. The number of piperidine rings is 1. The number of nitrogens with zero attached hydrogens (tertiary/aromatic N) is 2. The molecular formula is C14H10B4N4O3. The van der Waals surface area contributed by atoms with Crippen molar-refractivity contribution in [3.05, 3.63) is 28.3 Å². The van der Waals surface area contributed by atoms with Crippen molar-refractivity contribution in [3.8, 4) is 0 Å². The molecule has 116 valence electrons. The van der Waals surface area contributed by atoms with E-state index in [0.717, 1.165) is 4.57 Å². The summed E-state index contributed by atoms with van der Waals surface area (Å²) in [6.45, 7) is 1.47. The highest BCUT2D eigenvalue weighted by atomic mass is 16.2. The Balaban J connectivity index is 2.36. The Morgan fingerprint density at radius 1 is 1.20 bits per heavy atom. The smallest absolute Gasteiger partial charge is 0.263 e. The van der Waals surface area contributed by atoms with E-state index in [-0.39, 0.29) is 27.9 Å². The van der Waals surface area contributed by atoms with E-state index in [1.54, 1.807) is 0 Å². The number of hydrogen-bond acceptors (Lipinski definition) is 5. The summed E-state index contributed by atoms with van der Waals surface area (Å²) in [4.78, 5) is 41.4. The third kappa shape index (κ3) is 2.41. The summed E-state index contributed by atoms with van der Waals surface area (Å²) in [5.41, 5.74) is 3.74. The van der Waals surface area contributed by atoms with Crippen molar-refractivity contribution >= 4 is 65.3 Å². The number of amides is 2. The van der Waals surface area contributed by atoms with Gasteiger partial charge in [-0.25, -0.2) is 4.98 Å². The SMILES string of the molecule is [B]c1ccc(N)c2c(=O)n(C3([B])CC([B])([B])C(=O)NC3=O)c(C)nc12. The van der Waals surface area contributed by atoms with Crippen molar-refractivity contribution in [2.75, 3.05) is 5.73 Å². The van der Waals surface area contributed by atoms with Crippen LogP contribution in [0.15, 0.2) is 16.9 Å². The summed E-state index contributed by atoms with van der Waals surface area (Å²) in [5, 5.41) is 0.0648. The Hall–Kier alpha value is -2.44. The highest BCUT2D eigenvalue weighted by Crippen LogP contribution is 2.36. The molecule has 3 N–H and O–H groups in total. The average Bonchev–Trinajstić information content (AvgIpc) is 2.48. The molecule has 2 aromatic rings. The molecule has 1 saturated heterocycles. The predicted molar refractivity (Wildman–Crippen MR) is 96.2 cm³/mol. The minimum Gasteiger partial charge on any atom is -0.398 e. The first-order chi connectivity index (χ1) is 11.5. The van der Waals surface area contributed by atoms with Crippen molar-refractivity contribution < 1.29 is 9.59 Å². The first-order valence-corrected chi connectivity index (χ1v) is 7.29. The second-order valence-electron chi connectivity index (χ2n) is 6.19. The van der Waals surface area contributed by atoms with Crippen molar-refractivity contribution in [3.63, 3.8) is 0 Å². The molecule has 0 spiro atoms. The Morgan fingerprint density at radius 2 is 1.84 bits per heavy atom. The average molecular weight is 326 g/mol. The zero-order valence-electron chi connectivity index (χ0n) is 13.4. The molecule has 3 rings (SSSR count). The fourth-order valence-corrected chi connectivity index (χ4v) is 3.02. The second-order valence-corrected chi connectivity index (χ2v) is 6.19. The quantitative estimate of drug-likeness (QED) is 0.340. The molecule has 2 amide bonds. The van der Waals surface area contributed by atoms with Gasteiger partial charge in [-0.1, -0.05) is 11.5 Å². The lowest BCUT2D eigenvalue weighted by atomic mass is 9.45. The van der Waals surface area contributed by atoms with Gasteiger partial charge in [-0.3, -0.25) is 24.3 Å². The normalized spacial score (nSPS) is 22.8. The number of anilines is 1. The minimum absolute atomic E-state index is 0.0137. The highest BCUT2D eigenvalue weighted by Gasteiger charge is 2.49. The highest BCUT2D eigenvalue weighted by molar-refractivity contribution is 6.53. The molecule has 0 aliphatic carbocycles. The van der Waals surface area contributed by atoms with Crippen molar-refractivity contribution in [1.29, 1.82) is 0 Å². The van der Waals surface area contributed by atoms with Crippen LogP contribution in [0.4, 0.5) is 5.69 Å². The van der Waals surface area contributed by atoms with Crippen LogP contribution in [0.5, 0.6) is 0 Å². The summed E-state index contributed by atoms with van der Waals surface area (Å²) in [6.07, 6.45) is -0.499. The van der Waals surface area contributed by atoms with E-state index in [0.29, 0.717) is 0 Å².